The number of carbonyl (C=O) groups is 2. The largest absolute Gasteiger partial charge is 0.381 e. The summed E-state index contributed by atoms with van der Waals surface area (Å²) in [6, 6.07) is 2.86. The lowest BCUT2D eigenvalue weighted by molar-refractivity contribution is -0.134. The Hall–Kier alpha value is -1.93. The number of hydrogen-bond donors (Lipinski definition) is 1. The lowest BCUT2D eigenvalue weighted by Gasteiger charge is -2.43. The van der Waals surface area contributed by atoms with Crippen LogP contribution in [0, 0.1) is 5.92 Å². The van der Waals surface area contributed by atoms with E-state index in [0.29, 0.717) is 43.4 Å². The molecule has 0 aromatic carbocycles. The van der Waals surface area contributed by atoms with E-state index in [2.05, 4.69) is 20.2 Å². The Bertz CT molecular complexity index is 677. The molecule has 3 aliphatic rings. The minimum atomic E-state index is 0.0716. The third-order valence-corrected chi connectivity index (χ3v) is 6.65. The van der Waals surface area contributed by atoms with Gasteiger partial charge in [0, 0.05) is 82.8 Å². The molecule has 166 valence electrons. The molecule has 30 heavy (non-hydrogen) atoms. The minimum Gasteiger partial charge on any atom is -0.381 e. The van der Waals surface area contributed by atoms with E-state index in [1.54, 1.807) is 10.9 Å². The van der Waals surface area contributed by atoms with Crippen LogP contribution < -0.4 is 5.32 Å². The van der Waals surface area contributed by atoms with Crippen molar-refractivity contribution in [3.8, 4) is 0 Å². The highest BCUT2D eigenvalue weighted by molar-refractivity contribution is 5.81. The van der Waals surface area contributed by atoms with Gasteiger partial charge in [-0.25, -0.2) is 0 Å². The number of ether oxygens (including phenoxy) is 1. The summed E-state index contributed by atoms with van der Waals surface area (Å²) in [7, 11) is 0. The van der Waals surface area contributed by atoms with Gasteiger partial charge in [0.05, 0.1) is 0 Å². The molecule has 0 radical (unpaired) electrons. The van der Waals surface area contributed by atoms with Crippen LogP contribution in [0.5, 0.6) is 0 Å². The fourth-order valence-electron chi connectivity index (χ4n) is 4.75. The summed E-state index contributed by atoms with van der Waals surface area (Å²) in [5, 5.41) is 7.23. The van der Waals surface area contributed by atoms with Crippen molar-refractivity contribution in [3.63, 3.8) is 0 Å². The Kier molecular flexibility index (Phi) is 7.38. The molecular weight excluding hydrogens is 382 g/mol. The van der Waals surface area contributed by atoms with Crippen LogP contribution in [0.1, 0.15) is 44.9 Å². The third kappa shape index (κ3) is 5.82. The fraction of sp³-hybridized carbons (Fsp3) is 0.773. The first kappa shape index (κ1) is 21.3. The maximum atomic E-state index is 12.4. The van der Waals surface area contributed by atoms with Gasteiger partial charge < -0.3 is 15.0 Å². The van der Waals surface area contributed by atoms with Gasteiger partial charge in [-0.2, -0.15) is 5.10 Å². The molecule has 0 unspecified atom stereocenters. The SMILES string of the molecule is O=C(CCn1cccn1)NCCN(C1CCOCC1)C1CCN(C(=O)C2CC2)CC1. The highest BCUT2D eigenvalue weighted by Gasteiger charge is 2.36. The predicted octanol–water partition coefficient (Wildman–Crippen LogP) is 1.27. The van der Waals surface area contributed by atoms with Crippen LogP contribution in [0.4, 0.5) is 0 Å². The van der Waals surface area contributed by atoms with Crippen molar-refractivity contribution < 1.29 is 14.3 Å². The molecule has 2 aliphatic heterocycles. The summed E-state index contributed by atoms with van der Waals surface area (Å²) in [6.45, 7) is 5.50. The van der Waals surface area contributed by atoms with Gasteiger partial charge >= 0.3 is 0 Å². The molecule has 3 fully saturated rings. The van der Waals surface area contributed by atoms with Crippen LogP contribution in [0.3, 0.4) is 0 Å². The van der Waals surface area contributed by atoms with Crippen LogP contribution in [-0.4, -0.2) is 82.9 Å². The van der Waals surface area contributed by atoms with E-state index >= 15 is 0 Å². The molecule has 1 aromatic rings. The maximum Gasteiger partial charge on any atom is 0.225 e. The van der Waals surface area contributed by atoms with Crippen molar-refractivity contribution in [1.29, 1.82) is 0 Å². The van der Waals surface area contributed by atoms with Crippen molar-refractivity contribution in [3.05, 3.63) is 18.5 Å². The quantitative estimate of drug-likeness (QED) is 0.655. The Morgan fingerprint density at radius 2 is 1.80 bits per heavy atom. The second-order valence-electron chi connectivity index (χ2n) is 8.78. The van der Waals surface area contributed by atoms with Gasteiger partial charge in [0.25, 0.3) is 0 Å². The van der Waals surface area contributed by atoms with Crippen molar-refractivity contribution >= 4 is 11.8 Å². The van der Waals surface area contributed by atoms with Gasteiger partial charge in [0.1, 0.15) is 0 Å². The molecule has 1 saturated carbocycles. The molecular formula is C22H35N5O3. The normalized spacial score (nSPS) is 21.2. The average molecular weight is 418 g/mol. The zero-order chi connectivity index (χ0) is 20.8. The monoisotopic (exact) mass is 417 g/mol. The summed E-state index contributed by atoms with van der Waals surface area (Å²) in [4.78, 5) is 29.3. The van der Waals surface area contributed by atoms with E-state index < -0.39 is 0 Å². The van der Waals surface area contributed by atoms with Gasteiger partial charge in [-0.1, -0.05) is 0 Å². The Balaban J connectivity index is 1.24. The summed E-state index contributed by atoms with van der Waals surface area (Å²) >= 11 is 0. The summed E-state index contributed by atoms with van der Waals surface area (Å²) in [6.07, 6.45) is 10.4. The standard InChI is InChI=1S/C22H35N5O3/c28-21(6-14-26-11-1-9-24-26)23-10-15-27(20-7-16-30-17-8-20)19-4-12-25(13-5-19)22(29)18-2-3-18/h1,9,11,18-20H,2-8,10,12-17H2,(H,23,28). The Labute approximate surface area is 178 Å². The second-order valence-corrected chi connectivity index (χ2v) is 8.78. The van der Waals surface area contributed by atoms with Gasteiger partial charge in [0.2, 0.25) is 11.8 Å². The van der Waals surface area contributed by atoms with Gasteiger partial charge in [0.15, 0.2) is 0 Å². The Morgan fingerprint density at radius 3 is 2.47 bits per heavy atom. The lowest BCUT2D eigenvalue weighted by Crippen LogP contribution is -2.53. The summed E-state index contributed by atoms with van der Waals surface area (Å²) < 4.78 is 7.35. The number of aromatic nitrogens is 2. The first-order valence-corrected chi connectivity index (χ1v) is 11.6. The molecule has 2 saturated heterocycles. The van der Waals surface area contributed by atoms with Crippen LogP contribution in [0.15, 0.2) is 18.5 Å². The number of amides is 2. The van der Waals surface area contributed by atoms with Crippen LogP contribution in [0.2, 0.25) is 0 Å². The smallest absolute Gasteiger partial charge is 0.225 e. The molecule has 8 heteroatoms. The number of nitrogens with one attached hydrogen (secondary N) is 1. The highest BCUT2D eigenvalue weighted by Crippen LogP contribution is 2.32. The van der Waals surface area contributed by atoms with E-state index in [4.69, 9.17) is 4.74 Å². The van der Waals surface area contributed by atoms with Crippen molar-refractivity contribution in [2.45, 2.75) is 63.6 Å². The molecule has 3 heterocycles. The molecule has 8 nitrogen and oxygen atoms in total. The number of nitrogens with zero attached hydrogens (tertiary/aromatic N) is 4. The number of piperidine rings is 1. The molecule has 4 rings (SSSR count). The fourth-order valence-corrected chi connectivity index (χ4v) is 4.75. The van der Waals surface area contributed by atoms with Crippen LogP contribution in [0.25, 0.3) is 0 Å². The summed E-state index contributed by atoms with van der Waals surface area (Å²) in [5.74, 6) is 0.753. The van der Waals surface area contributed by atoms with E-state index in [1.807, 2.05) is 12.3 Å². The first-order chi connectivity index (χ1) is 14.7. The van der Waals surface area contributed by atoms with E-state index in [-0.39, 0.29) is 5.91 Å². The van der Waals surface area contributed by atoms with Crippen LogP contribution in [-0.2, 0) is 20.9 Å². The maximum absolute atomic E-state index is 12.4. The molecule has 1 aromatic heterocycles. The number of hydrogen-bond acceptors (Lipinski definition) is 5. The van der Waals surface area contributed by atoms with E-state index in [0.717, 1.165) is 71.4 Å². The average Bonchev–Trinajstić information content (AvgIpc) is 3.51. The lowest BCUT2D eigenvalue weighted by atomic mass is 9.97. The zero-order valence-electron chi connectivity index (χ0n) is 17.9. The first-order valence-electron chi connectivity index (χ1n) is 11.6. The molecule has 2 amide bonds. The highest BCUT2D eigenvalue weighted by atomic mass is 16.5. The molecule has 1 aliphatic carbocycles. The van der Waals surface area contributed by atoms with Gasteiger partial charge in [-0.05, 0) is 44.6 Å². The van der Waals surface area contributed by atoms with Gasteiger partial charge in [-0.15, -0.1) is 0 Å². The Morgan fingerprint density at radius 1 is 1.07 bits per heavy atom. The van der Waals surface area contributed by atoms with E-state index in [9.17, 15) is 9.59 Å². The summed E-state index contributed by atoms with van der Waals surface area (Å²) in [5.41, 5.74) is 0. The predicted molar refractivity (Wildman–Crippen MR) is 113 cm³/mol. The number of carbonyl (C=O) groups excluding carboxylic acids is 2. The zero-order valence-corrected chi connectivity index (χ0v) is 17.9. The van der Waals surface area contributed by atoms with Crippen LogP contribution >= 0.6 is 0 Å². The minimum absolute atomic E-state index is 0.0716. The van der Waals surface area contributed by atoms with Crippen molar-refractivity contribution in [2.24, 2.45) is 5.92 Å². The number of aryl methyl sites for hydroxylation is 1. The van der Waals surface area contributed by atoms with Gasteiger partial charge in [-0.3, -0.25) is 19.2 Å². The van der Waals surface area contributed by atoms with E-state index in [1.165, 1.54) is 0 Å². The third-order valence-electron chi connectivity index (χ3n) is 6.65. The van der Waals surface area contributed by atoms with Crippen molar-refractivity contribution in [1.82, 2.24) is 24.9 Å². The second kappa shape index (κ2) is 10.4. The molecule has 0 bridgehead atoms. The topological polar surface area (TPSA) is 79.7 Å². The molecule has 0 spiro atoms. The molecule has 1 N–H and O–H groups in total. The number of rotatable bonds is 9. The van der Waals surface area contributed by atoms with Crippen molar-refractivity contribution in [2.75, 3.05) is 39.4 Å². The number of likely N-dealkylation sites (tertiary alicyclic amines) is 1. The molecule has 0 atom stereocenters.